The second kappa shape index (κ2) is 6.42. The smallest absolute Gasteiger partial charge is 0.269 e. The molecule has 0 saturated heterocycles. The quantitative estimate of drug-likeness (QED) is 0.351. The maximum atomic E-state index is 10.4. The number of aliphatic hydroxyl groups is 1. The number of rotatable bonds is 6. The average molecular weight is 227 g/mol. The highest BCUT2D eigenvalue weighted by Crippen LogP contribution is 2.22. The Hall–Kier alpha value is -1.07. The lowest BCUT2D eigenvalue weighted by molar-refractivity contribution is -0.384. The Morgan fingerprint density at radius 3 is 2.47 bits per heavy atom. The summed E-state index contributed by atoms with van der Waals surface area (Å²) in [6, 6.07) is 6.52. The molecule has 1 N–H and O–H groups in total. The fraction of sp³-hybridized carbons (Fsp3) is 0.400. The normalized spacial score (nSPS) is 10.2. The van der Waals surface area contributed by atoms with Crippen LogP contribution >= 0.6 is 11.8 Å². The molecule has 82 valence electrons. The zero-order valence-electron chi connectivity index (χ0n) is 8.26. The van der Waals surface area contributed by atoms with Gasteiger partial charge in [0, 0.05) is 23.6 Å². The molecule has 1 aromatic rings. The Morgan fingerprint density at radius 1 is 1.27 bits per heavy atom. The molecule has 0 amide bonds. The van der Waals surface area contributed by atoms with Gasteiger partial charge in [-0.05, 0) is 30.7 Å². The van der Waals surface area contributed by atoms with Gasteiger partial charge in [0.2, 0.25) is 0 Å². The largest absolute Gasteiger partial charge is 0.396 e. The minimum Gasteiger partial charge on any atom is -0.396 e. The van der Waals surface area contributed by atoms with E-state index in [4.69, 9.17) is 5.11 Å². The molecule has 0 atom stereocenters. The summed E-state index contributed by atoms with van der Waals surface area (Å²) < 4.78 is 0. The summed E-state index contributed by atoms with van der Waals surface area (Å²) in [4.78, 5) is 11.0. The lowest BCUT2D eigenvalue weighted by atomic mass is 10.3. The molecule has 0 saturated carbocycles. The lowest BCUT2D eigenvalue weighted by Gasteiger charge is -2.00. The topological polar surface area (TPSA) is 63.4 Å². The van der Waals surface area contributed by atoms with E-state index < -0.39 is 4.92 Å². The minimum atomic E-state index is -0.403. The van der Waals surface area contributed by atoms with Gasteiger partial charge in [-0.1, -0.05) is 0 Å². The van der Waals surface area contributed by atoms with Crippen molar-refractivity contribution in [1.29, 1.82) is 0 Å². The number of aliphatic hydroxyl groups excluding tert-OH is 1. The molecule has 0 aromatic heterocycles. The van der Waals surface area contributed by atoms with Gasteiger partial charge in [-0.3, -0.25) is 10.1 Å². The number of nitro benzene ring substituents is 1. The van der Waals surface area contributed by atoms with Crippen molar-refractivity contribution in [3.8, 4) is 0 Å². The maximum Gasteiger partial charge on any atom is 0.269 e. The van der Waals surface area contributed by atoms with Crippen LogP contribution in [0.3, 0.4) is 0 Å². The molecule has 1 rings (SSSR count). The van der Waals surface area contributed by atoms with Crippen LogP contribution in [0.1, 0.15) is 12.8 Å². The van der Waals surface area contributed by atoms with Gasteiger partial charge >= 0.3 is 0 Å². The summed E-state index contributed by atoms with van der Waals surface area (Å²) in [5, 5.41) is 19.0. The molecule has 0 spiro atoms. The predicted octanol–water partition coefficient (Wildman–Crippen LogP) is 2.46. The molecule has 0 radical (unpaired) electrons. The van der Waals surface area contributed by atoms with Crippen molar-refractivity contribution in [2.24, 2.45) is 0 Å². The third-order valence-corrected chi connectivity index (χ3v) is 2.97. The number of hydrogen-bond acceptors (Lipinski definition) is 4. The Kier molecular flexibility index (Phi) is 5.14. The van der Waals surface area contributed by atoms with Crippen molar-refractivity contribution in [2.75, 3.05) is 12.4 Å². The van der Waals surface area contributed by atoms with E-state index in [1.807, 2.05) is 0 Å². The van der Waals surface area contributed by atoms with Gasteiger partial charge in [-0.25, -0.2) is 0 Å². The van der Waals surface area contributed by atoms with Gasteiger partial charge in [0.05, 0.1) is 4.92 Å². The van der Waals surface area contributed by atoms with Crippen molar-refractivity contribution in [3.05, 3.63) is 34.4 Å². The predicted molar refractivity (Wildman–Crippen MR) is 60.1 cm³/mol. The standard InChI is InChI=1S/C10H13NO3S/c12-7-1-2-8-15-10-5-3-9(4-6-10)11(13)14/h3-6,12H,1-2,7-8H2. The van der Waals surface area contributed by atoms with Crippen LogP contribution in [0.2, 0.25) is 0 Å². The van der Waals surface area contributed by atoms with Gasteiger partial charge in [0.25, 0.3) is 5.69 Å². The van der Waals surface area contributed by atoms with Crippen molar-refractivity contribution in [2.45, 2.75) is 17.7 Å². The first-order chi connectivity index (χ1) is 7.24. The molecule has 15 heavy (non-hydrogen) atoms. The average Bonchev–Trinajstić information content (AvgIpc) is 2.25. The summed E-state index contributed by atoms with van der Waals surface area (Å²) in [6.07, 6.45) is 1.76. The zero-order chi connectivity index (χ0) is 11.1. The van der Waals surface area contributed by atoms with Crippen LogP contribution < -0.4 is 0 Å². The Balaban J connectivity index is 2.39. The van der Waals surface area contributed by atoms with Crippen molar-refractivity contribution in [3.63, 3.8) is 0 Å². The summed E-state index contributed by atoms with van der Waals surface area (Å²) in [5.74, 6) is 0.929. The SMILES string of the molecule is O=[N+]([O-])c1ccc(SCCCCO)cc1. The first-order valence-corrected chi connectivity index (χ1v) is 5.70. The van der Waals surface area contributed by atoms with Crippen LogP contribution in [0.25, 0.3) is 0 Å². The fourth-order valence-corrected chi connectivity index (χ4v) is 1.98. The van der Waals surface area contributed by atoms with Crippen LogP contribution in [0.5, 0.6) is 0 Å². The number of hydrogen-bond donors (Lipinski definition) is 1. The summed E-state index contributed by atoms with van der Waals surface area (Å²) in [7, 11) is 0. The fourth-order valence-electron chi connectivity index (χ4n) is 1.07. The molecule has 0 aliphatic rings. The van der Waals surface area contributed by atoms with Gasteiger partial charge in [-0.15, -0.1) is 11.8 Å². The van der Waals surface area contributed by atoms with Gasteiger partial charge in [0.15, 0.2) is 0 Å². The third-order valence-electron chi connectivity index (χ3n) is 1.87. The van der Waals surface area contributed by atoms with Crippen LogP contribution in [0.15, 0.2) is 29.2 Å². The van der Waals surface area contributed by atoms with Gasteiger partial charge < -0.3 is 5.11 Å². The van der Waals surface area contributed by atoms with Crippen LogP contribution in [0.4, 0.5) is 5.69 Å². The number of thioether (sulfide) groups is 1. The number of nitro groups is 1. The summed E-state index contributed by atoms with van der Waals surface area (Å²) in [6.45, 7) is 0.223. The molecular formula is C10H13NO3S. The second-order valence-corrected chi connectivity index (χ2v) is 4.20. The molecule has 0 heterocycles. The lowest BCUT2D eigenvalue weighted by Crippen LogP contribution is -1.87. The van der Waals surface area contributed by atoms with E-state index >= 15 is 0 Å². The number of nitrogens with zero attached hydrogens (tertiary/aromatic N) is 1. The van der Waals surface area contributed by atoms with Crippen molar-refractivity contribution in [1.82, 2.24) is 0 Å². The molecule has 0 fully saturated rings. The van der Waals surface area contributed by atoms with Gasteiger partial charge in [0.1, 0.15) is 0 Å². The van der Waals surface area contributed by atoms with Crippen molar-refractivity contribution < 1.29 is 10.0 Å². The Bertz CT molecular complexity index is 313. The summed E-state index contributed by atoms with van der Waals surface area (Å²) in [5.41, 5.74) is 0.120. The number of non-ortho nitro benzene ring substituents is 1. The molecule has 0 unspecified atom stereocenters. The monoisotopic (exact) mass is 227 g/mol. The first kappa shape index (κ1) is 12.0. The van der Waals surface area contributed by atoms with E-state index in [9.17, 15) is 10.1 Å². The molecule has 4 nitrogen and oxygen atoms in total. The highest BCUT2D eigenvalue weighted by Gasteiger charge is 2.03. The van der Waals surface area contributed by atoms with E-state index in [2.05, 4.69) is 0 Å². The van der Waals surface area contributed by atoms with E-state index in [1.54, 1.807) is 23.9 Å². The van der Waals surface area contributed by atoms with E-state index in [0.29, 0.717) is 0 Å². The van der Waals surface area contributed by atoms with Crippen LogP contribution in [-0.4, -0.2) is 22.4 Å². The highest BCUT2D eigenvalue weighted by molar-refractivity contribution is 7.99. The first-order valence-electron chi connectivity index (χ1n) is 4.72. The molecule has 5 heteroatoms. The molecule has 0 bridgehead atoms. The van der Waals surface area contributed by atoms with E-state index in [-0.39, 0.29) is 12.3 Å². The molecule has 1 aromatic carbocycles. The molecule has 0 aliphatic carbocycles. The van der Waals surface area contributed by atoms with Crippen LogP contribution in [-0.2, 0) is 0 Å². The van der Waals surface area contributed by atoms with E-state index in [1.165, 1.54) is 12.1 Å². The van der Waals surface area contributed by atoms with E-state index in [0.717, 1.165) is 23.5 Å². The van der Waals surface area contributed by atoms with Crippen LogP contribution in [0, 0.1) is 10.1 Å². The zero-order valence-corrected chi connectivity index (χ0v) is 9.07. The molecule has 0 aliphatic heterocycles. The Labute approximate surface area is 92.5 Å². The molecular weight excluding hydrogens is 214 g/mol. The number of benzene rings is 1. The second-order valence-electron chi connectivity index (χ2n) is 3.03. The van der Waals surface area contributed by atoms with Crippen molar-refractivity contribution >= 4 is 17.4 Å². The Morgan fingerprint density at radius 2 is 1.93 bits per heavy atom. The highest BCUT2D eigenvalue weighted by atomic mass is 32.2. The maximum absolute atomic E-state index is 10.4. The minimum absolute atomic E-state index is 0.120. The third kappa shape index (κ3) is 4.31. The number of unbranched alkanes of at least 4 members (excludes halogenated alkanes) is 1. The van der Waals surface area contributed by atoms with Gasteiger partial charge in [-0.2, -0.15) is 0 Å². The summed E-state index contributed by atoms with van der Waals surface area (Å²) >= 11 is 1.65.